The van der Waals surface area contributed by atoms with Gasteiger partial charge in [0.1, 0.15) is 5.69 Å². The summed E-state index contributed by atoms with van der Waals surface area (Å²) in [5.41, 5.74) is 4.00. The Kier molecular flexibility index (Phi) is 4.01. The molecule has 1 unspecified atom stereocenters. The number of rotatable bonds is 5. The molecule has 5 rings (SSSR count). The summed E-state index contributed by atoms with van der Waals surface area (Å²) < 4.78 is 14.8. The van der Waals surface area contributed by atoms with Crippen molar-refractivity contribution in [3.05, 3.63) is 34.5 Å². The van der Waals surface area contributed by atoms with Crippen molar-refractivity contribution < 1.29 is 9.26 Å². The summed E-state index contributed by atoms with van der Waals surface area (Å²) in [6.45, 7) is 3.28. The number of ether oxygens (including phenoxy) is 1. The van der Waals surface area contributed by atoms with Crippen molar-refractivity contribution in [3.8, 4) is 11.5 Å². The van der Waals surface area contributed by atoms with Gasteiger partial charge in [0.2, 0.25) is 11.7 Å². The van der Waals surface area contributed by atoms with Crippen LogP contribution in [0.3, 0.4) is 0 Å². The summed E-state index contributed by atoms with van der Waals surface area (Å²) in [5.74, 6) is 1.43. The highest BCUT2D eigenvalue weighted by Crippen LogP contribution is 2.32. The SMILES string of the molecule is COCCn1nnc2c1CC(c1nc(-c3c(C)nc4sccn34)no1)CC2. The minimum absolute atomic E-state index is 0.171. The lowest BCUT2D eigenvalue weighted by atomic mass is 9.89. The lowest BCUT2D eigenvalue weighted by molar-refractivity contribution is 0.181. The Morgan fingerprint density at radius 3 is 3.19 bits per heavy atom. The third kappa shape index (κ3) is 2.76. The maximum Gasteiger partial charge on any atom is 0.230 e. The van der Waals surface area contributed by atoms with Gasteiger partial charge in [0.25, 0.3) is 0 Å². The Bertz CT molecular complexity index is 1090. The van der Waals surface area contributed by atoms with Gasteiger partial charge in [0, 0.05) is 31.0 Å². The lowest BCUT2D eigenvalue weighted by Gasteiger charge is -2.19. The molecule has 0 radical (unpaired) electrons. The summed E-state index contributed by atoms with van der Waals surface area (Å²) in [5, 5.41) is 14.8. The van der Waals surface area contributed by atoms with Gasteiger partial charge in [-0.1, -0.05) is 10.4 Å². The van der Waals surface area contributed by atoms with E-state index in [9.17, 15) is 0 Å². The molecule has 0 saturated carbocycles. The van der Waals surface area contributed by atoms with E-state index in [0.717, 1.165) is 47.0 Å². The molecule has 27 heavy (non-hydrogen) atoms. The van der Waals surface area contributed by atoms with E-state index in [-0.39, 0.29) is 5.92 Å². The van der Waals surface area contributed by atoms with Crippen LogP contribution in [0.2, 0.25) is 0 Å². The Morgan fingerprint density at radius 2 is 2.30 bits per heavy atom. The molecule has 4 heterocycles. The number of methoxy groups -OCH3 is 1. The number of fused-ring (bicyclic) bond motifs is 2. The van der Waals surface area contributed by atoms with Gasteiger partial charge in [-0.05, 0) is 19.8 Å². The van der Waals surface area contributed by atoms with Crippen LogP contribution in [0.4, 0.5) is 0 Å². The standard InChI is InChI=1S/C17H19N7O2S/c1-10-14(23-6-8-27-17(23)18-10)15-19-16(26-21-15)11-3-4-12-13(9-11)24(22-20-12)5-7-25-2/h6,8,11H,3-5,7,9H2,1-2H3. The van der Waals surface area contributed by atoms with Gasteiger partial charge < -0.3 is 9.26 Å². The molecule has 0 bridgehead atoms. The molecule has 0 amide bonds. The molecular weight excluding hydrogens is 366 g/mol. The van der Waals surface area contributed by atoms with Gasteiger partial charge in [-0.2, -0.15) is 4.98 Å². The molecule has 10 heteroatoms. The number of aryl methyl sites for hydroxylation is 2. The molecule has 1 aliphatic rings. The fraction of sp³-hybridized carbons (Fsp3) is 0.471. The first-order valence-electron chi connectivity index (χ1n) is 8.91. The van der Waals surface area contributed by atoms with Crippen molar-refractivity contribution in [2.24, 2.45) is 0 Å². The monoisotopic (exact) mass is 385 g/mol. The summed E-state index contributed by atoms with van der Waals surface area (Å²) >= 11 is 1.59. The van der Waals surface area contributed by atoms with Crippen molar-refractivity contribution in [2.45, 2.75) is 38.6 Å². The van der Waals surface area contributed by atoms with Crippen molar-refractivity contribution in [1.82, 2.24) is 34.5 Å². The van der Waals surface area contributed by atoms with Crippen LogP contribution in [0, 0.1) is 6.92 Å². The third-order valence-corrected chi connectivity index (χ3v) is 5.79. The summed E-state index contributed by atoms with van der Waals surface area (Å²) in [7, 11) is 1.69. The topological polar surface area (TPSA) is 96.2 Å². The number of imidazole rings is 1. The molecule has 0 spiro atoms. The normalized spacial score (nSPS) is 16.9. The smallest absolute Gasteiger partial charge is 0.230 e. The van der Waals surface area contributed by atoms with Crippen molar-refractivity contribution in [2.75, 3.05) is 13.7 Å². The molecule has 9 nitrogen and oxygen atoms in total. The van der Waals surface area contributed by atoms with Crippen LogP contribution in [0.15, 0.2) is 16.1 Å². The molecular formula is C17H19N7O2S. The minimum atomic E-state index is 0.171. The Hall–Kier alpha value is -2.59. The van der Waals surface area contributed by atoms with Gasteiger partial charge in [0.15, 0.2) is 4.96 Å². The van der Waals surface area contributed by atoms with Crippen LogP contribution in [0.1, 0.15) is 35.3 Å². The average Bonchev–Trinajstić information content (AvgIpc) is 3.43. The van der Waals surface area contributed by atoms with Crippen LogP contribution in [0.5, 0.6) is 0 Å². The van der Waals surface area contributed by atoms with E-state index in [1.54, 1.807) is 18.4 Å². The largest absolute Gasteiger partial charge is 0.383 e. The van der Waals surface area contributed by atoms with Crippen molar-refractivity contribution in [1.29, 1.82) is 0 Å². The van der Waals surface area contributed by atoms with Crippen molar-refractivity contribution in [3.63, 3.8) is 0 Å². The number of thiazole rings is 1. The number of nitrogens with zero attached hydrogens (tertiary/aromatic N) is 7. The first kappa shape index (κ1) is 16.6. The third-order valence-electron chi connectivity index (χ3n) is 5.03. The fourth-order valence-corrected chi connectivity index (χ4v) is 4.42. The molecule has 0 fully saturated rings. The Balaban J connectivity index is 1.43. The van der Waals surface area contributed by atoms with Crippen LogP contribution in [-0.2, 0) is 24.1 Å². The molecule has 1 aliphatic carbocycles. The highest BCUT2D eigenvalue weighted by atomic mass is 32.1. The van der Waals surface area contributed by atoms with Crippen molar-refractivity contribution >= 4 is 16.3 Å². The maximum atomic E-state index is 5.65. The van der Waals surface area contributed by atoms with E-state index in [2.05, 4.69) is 20.5 Å². The van der Waals surface area contributed by atoms with Gasteiger partial charge >= 0.3 is 0 Å². The molecule has 0 aliphatic heterocycles. The highest BCUT2D eigenvalue weighted by molar-refractivity contribution is 7.15. The predicted octanol–water partition coefficient (Wildman–Crippen LogP) is 2.26. The maximum absolute atomic E-state index is 5.65. The molecule has 0 aromatic carbocycles. The van der Waals surface area contributed by atoms with Crippen LogP contribution < -0.4 is 0 Å². The summed E-state index contributed by atoms with van der Waals surface area (Å²) in [4.78, 5) is 10.2. The van der Waals surface area contributed by atoms with E-state index >= 15 is 0 Å². The van der Waals surface area contributed by atoms with E-state index in [1.807, 2.05) is 27.6 Å². The van der Waals surface area contributed by atoms with E-state index in [0.29, 0.717) is 24.9 Å². The molecule has 140 valence electrons. The number of hydrogen-bond acceptors (Lipinski definition) is 8. The number of hydrogen-bond donors (Lipinski definition) is 0. The zero-order chi connectivity index (χ0) is 18.4. The van der Waals surface area contributed by atoms with E-state index in [1.165, 1.54) is 0 Å². The summed E-state index contributed by atoms with van der Waals surface area (Å²) in [6, 6.07) is 0. The molecule has 1 atom stereocenters. The second-order valence-corrected chi connectivity index (χ2v) is 7.57. The molecule has 4 aromatic rings. The van der Waals surface area contributed by atoms with E-state index < -0.39 is 0 Å². The van der Waals surface area contributed by atoms with Gasteiger partial charge in [-0.15, -0.1) is 16.4 Å². The second-order valence-electron chi connectivity index (χ2n) is 6.70. The quantitative estimate of drug-likeness (QED) is 0.520. The van der Waals surface area contributed by atoms with Gasteiger partial charge in [-0.3, -0.25) is 4.40 Å². The average molecular weight is 385 g/mol. The van der Waals surface area contributed by atoms with Gasteiger partial charge in [-0.25, -0.2) is 9.67 Å². The minimum Gasteiger partial charge on any atom is -0.383 e. The summed E-state index contributed by atoms with van der Waals surface area (Å²) in [6.07, 6.45) is 4.58. The molecule has 4 aromatic heterocycles. The Morgan fingerprint density at radius 1 is 1.37 bits per heavy atom. The van der Waals surface area contributed by atoms with E-state index in [4.69, 9.17) is 14.2 Å². The highest BCUT2D eigenvalue weighted by Gasteiger charge is 2.29. The zero-order valence-corrected chi connectivity index (χ0v) is 15.9. The lowest BCUT2D eigenvalue weighted by Crippen LogP contribution is -2.18. The molecule has 0 N–H and O–H groups in total. The van der Waals surface area contributed by atoms with Crippen LogP contribution >= 0.6 is 11.3 Å². The zero-order valence-electron chi connectivity index (χ0n) is 15.1. The fourth-order valence-electron chi connectivity index (χ4n) is 3.66. The van der Waals surface area contributed by atoms with Crippen LogP contribution in [-0.4, -0.2) is 48.2 Å². The first-order chi connectivity index (χ1) is 13.2. The molecule has 0 saturated heterocycles. The van der Waals surface area contributed by atoms with Gasteiger partial charge in [0.05, 0.1) is 30.2 Å². The van der Waals surface area contributed by atoms with Crippen LogP contribution in [0.25, 0.3) is 16.5 Å². The second kappa shape index (κ2) is 6.54. The number of aromatic nitrogens is 7. The first-order valence-corrected chi connectivity index (χ1v) is 9.79. The Labute approximate surface area is 159 Å². The predicted molar refractivity (Wildman–Crippen MR) is 97.8 cm³/mol.